The van der Waals surface area contributed by atoms with Gasteiger partial charge in [-0.2, -0.15) is 5.10 Å². The fourth-order valence-electron chi connectivity index (χ4n) is 1.32. The Morgan fingerprint density at radius 1 is 1.38 bits per heavy atom. The van der Waals surface area contributed by atoms with Crippen molar-refractivity contribution in [2.75, 3.05) is 27.2 Å². The summed E-state index contributed by atoms with van der Waals surface area (Å²) in [5.74, 6) is 0. The Balaban J connectivity index is 0. The van der Waals surface area contributed by atoms with E-state index in [0.717, 1.165) is 19.6 Å². The molecule has 96 valence electrons. The van der Waals surface area contributed by atoms with E-state index in [4.69, 9.17) is 0 Å². The molecule has 4 nitrogen and oxygen atoms in total. The van der Waals surface area contributed by atoms with Crippen molar-refractivity contribution >= 4 is 24.8 Å². The monoisotopic (exact) mass is 268 g/mol. The highest BCUT2D eigenvalue weighted by Crippen LogP contribution is 1.94. The van der Waals surface area contributed by atoms with E-state index in [0.29, 0.717) is 0 Å². The highest BCUT2D eigenvalue weighted by atomic mass is 35.5. The molecule has 1 aromatic rings. The van der Waals surface area contributed by atoms with E-state index in [1.54, 1.807) is 0 Å². The molecule has 1 heterocycles. The van der Waals surface area contributed by atoms with E-state index in [9.17, 15) is 0 Å². The molecule has 0 aliphatic heterocycles. The summed E-state index contributed by atoms with van der Waals surface area (Å²) < 4.78 is 1.83. The molecular weight excluding hydrogens is 247 g/mol. The molecule has 1 rings (SSSR count). The zero-order valence-electron chi connectivity index (χ0n) is 10.1. The number of aryl methyl sites for hydroxylation is 1. The number of nitrogens with one attached hydrogen (secondary N) is 1. The summed E-state index contributed by atoms with van der Waals surface area (Å²) in [7, 11) is 6.14. The lowest BCUT2D eigenvalue weighted by molar-refractivity contribution is 0.394. The molecule has 0 aromatic carbocycles. The van der Waals surface area contributed by atoms with Crippen molar-refractivity contribution in [2.24, 2.45) is 7.05 Å². The number of hydrogen-bond acceptors (Lipinski definition) is 3. The predicted molar refractivity (Wildman–Crippen MR) is 72.6 cm³/mol. The minimum atomic E-state index is 0. The van der Waals surface area contributed by atoms with Crippen LogP contribution in [0.4, 0.5) is 0 Å². The van der Waals surface area contributed by atoms with E-state index < -0.39 is 0 Å². The second-order valence-electron chi connectivity index (χ2n) is 3.86. The fourth-order valence-corrected chi connectivity index (χ4v) is 1.32. The zero-order chi connectivity index (χ0) is 10.4. The van der Waals surface area contributed by atoms with Crippen molar-refractivity contribution in [3.63, 3.8) is 0 Å². The SMILES string of the molecule is CN(C)CCCNCc1cnn(C)c1.Cl.Cl. The van der Waals surface area contributed by atoms with E-state index in [2.05, 4.69) is 29.4 Å². The minimum Gasteiger partial charge on any atom is -0.313 e. The first-order valence-electron chi connectivity index (χ1n) is 5.01. The van der Waals surface area contributed by atoms with Crippen LogP contribution in [0.1, 0.15) is 12.0 Å². The molecule has 16 heavy (non-hydrogen) atoms. The van der Waals surface area contributed by atoms with E-state index in [-0.39, 0.29) is 24.8 Å². The second-order valence-corrected chi connectivity index (χ2v) is 3.86. The number of hydrogen-bond donors (Lipinski definition) is 1. The van der Waals surface area contributed by atoms with Crippen LogP contribution >= 0.6 is 24.8 Å². The summed E-state index contributed by atoms with van der Waals surface area (Å²) >= 11 is 0. The molecule has 0 saturated carbocycles. The second kappa shape index (κ2) is 9.90. The Labute approximate surface area is 110 Å². The van der Waals surface area contributed by atoms with E-state index >= 15 is 0 Å². The van der Waals surface area contributed by atoms with Crippen LogP contribution in [0.5, 0.6) is 0 Å². The Bertz CT molecular complexity index is 263. The van der Waals surface area contributed by atoms with Crippen LogP contribution in [0.25, 0.3) is 0 Å². The lowest BCUT2D eigenvalue weighted by atomic mass is 10.3. The van der Waals surface area contributed by atoms with Crippen LogP contribution in [0.2, 0.25) is 0 Å². The maximum Gasteiger partial charge on any atom is 0.0534 e. The summed E-state index contributed by atoms with van der Waals surface area (Å²) in [5, 5.41) is 7.50. The van der Waals surface area contributed by atoms with Crippen LogP contribution in [-0.4, -0.2) is 41.9 Å². The summed E-state index contributed by atoms with van der Waals surface area (Å²) in [4.78, 5) is 2.20. The van der Waals surface area contributed by atoms with Crippen molar-refractivity contribution < 1.29 is 0 Å². The van der Waals surface area contributed by atoms with Gasteiger partial charge in [-0.05, 0) is 33.6 Å². The summed E-state index contributed by atoms with van der Waals surface area (Å²) in [6.45, 7) is 3.12. The third-order valence-electron chi connectivity index (χ3n) is 2.05. The van der Waals surface area contributed by atoms with Crippen LogP contribution in [0.15, 0.2) is 12.4 Å². The molecule has 0 unspecified atom stereocenters. The van der Waals surface area contributed by atoms with Gasteiger partial charge in [0.15, 0.2) is 0 Å². The highest BCUT2D eigenvalue weighted by Gasteiger charge is 1.95. The summed E-state index contributed by atoms with van der Waals surface area (Å²) in [6, 6.07) is 0. The summed E-state index contributed by atoms with van der Waals surface area (Å²) in [6.07, 6.45) is 5.13. The standard InChI is InChI=1S/C10H20N4.2ClH/c1-13(2)6-4-5-11-7-10-8-12-14(3)9-10;;/h8-9,11H,4-7H2,1-3H3;2*1H. The molecule has 0 aliphatic rings. The first-order valence-corrected chi connectivity index (χ1v) is 5.01. The van der Waals surface area contributed by atoms with Crippen LogP contribution in [0.3, 0.4) is 0 Å². The molecule has 0 radical (unpaired) electrons. The number of aromatic nitrogens is 2. The minimum absolute atomic E-state index is 0. The predicted octanol–water partition coefficient (Wildman–Crippen LogP) is 1.30. The van der Waals surface area contributed by atoms with Gasteiger partial charge in [-0.15, -0.1) is 24.8 Å². The van der Waals surface area contributed by atoms with Gasteiger partial charge in [0.25, 0.3) is 0 Å². The Hall–Kier alpha value is -0.290. The van der Waals surface area contributed by atoms with Gasteiger partial charge in [0.1, 0.15) is 0 Å². The van der Waals surface area contributed by atoms with Gasteiger partial charge in [0, 0.05) is 25.4 Å². The molecule has 0 fully saturated rings. The molecule has 0 aliphatic carbocycles. The van der Waals surface area contributed by atoms with Gasteiger partial charge >= 0.3 is 0 Å². The van der Waals surface area contributed by atoms with E-state index in [1.807, 2.05) is 24.1 Å². The fraction of sp³-hybridized carbons (Fsp3) is 0.700. The largest absolute Gasteiger partial charge is 0.313 e. The van der Waals surface area contributed by atoms with Gasteiger partial charge in [-0.3, -0.25) is 4.68 Å². The molecule has 0 atom stereocenters. The Morgan fingerprint density at radius 3 is 2.56 bits per heavy atom. The third-order valence-corrected chi connectivity index (χ3v) is 2.05. The normalized spacial score (nSPS) is 9.75. The molecule has 1 N–H and O–H groups in total. The average molecular weight is 269 g/mol. The van der Waals surface area contributed by atoms with Crippen LogP contribution in [0, 0.1) is 0 Å². The molecule has 0 spiro atoms. The van der Waals surface area contributed by atoms with Crippen LogP contribution in [-0.2, 0) is 13.6 Å². The first-order chi connectivity index (χ1) is 6.68. The third kappa shape index (κ3) is 7.93. The molecule has 0 saturated heterocycles. The molecule has 0 bridgehead atoms. The van der Waals surface area contributed by atoms with Crippen LogP contribution < -0.4 is 5.32 Å². The molecule has 1 aromatic heterocycles. The maximum atomic E-state index is 4.11. The number of halogens is 2. The molecular formula is C10H22Cl2N4. The van der Waals surface area contributed by atoms with Gasteiger partial charge in [-0.1, -0.05) is 0 Å². The smallest absolute Gasteiger partial charge is 0.0534 e. The van der Waals surface area contributed by atoms with Gasteiger partial charge in [0.05, 0.1) is 6.20 Å². The van der Waals surface area contributed by atoms with Crippen molar-refractivity contribution in [3.05, 3.63) is 18.0 Å². The van der Waals surface area contributed by atoms with E-state index in [1.165, 1.54) is 12.0 Å². The van der Waals surface area contributed by atoms with Gasteiger partial charge < -0.3 is 10.2 Å². The molecule has 6 heteroatoms. The quantitative estimate of drug-likeness (QED) is 0.790. The van der Waals surface area contributed by atoms with Gasteiger partial charge in [0.2, 0.25) is 0 Å². The van der Waals surface area contributed by atoms with Crippen molar-refractivity contribution in [1.29, 1.82) is 0 Å². The van der Waals surface area contributed by atoms with Gasteiger partial charge in [-0.25, -0.2) is 0 Å². The lowest BCUT2D eigenvalue weighted by Crippen LogP contribution is -2.20. The Kier molecular flexibility index (Phi) is 11.2. The number of nitrogens with zero attached hydrogens (tertiary/aromatic N) is 3. The summed E-state index contributed by atoms with van der Waals surface area (Å²) in [5.41, 5.74) is 1.25. The molecule has 0 amide bonds. The van der Waals surface area contributed by atoms with Crippen molar-refractivity contribution in [2.45, 2.75) is 13.0 Å². The van der Waals surface area contributed by atoms with Crippen molar-refractivity contribution in [1.82, 2.24) is 20.0 Å². The first kappa shape index (κ1) is 18.1. The highest BCUT2D eigenvalue weighted by molar-refractivity contribution is 5.85. The average Bonchev–Trinajstić information content (AvgIpc) is 2.50. The lowest BCUT2D eigenvalue weighted by Gasteiger charge is -2.09. The maximum absolute atomic E-state index is 4.11. The Morgan fingerprint density at radius 2 is 2.06 bits per heavy atom. The topological polar surface area (TPSA) is 33.1 Å². The van der Waals surface area contributed by atoms with Crippen molar-refractivity contribution in [3.8, 4) is 0 Å². The zero-order valence-corrected chi connectivity index (χ0v) is 11.8. The number of rotatable bonds is 6.